The highest BCUT2D eigenvalue weighted by Gasteiger charge is 2.19. The third kappa shape index (κ3) is 4.96. The Balaban J connectivity index is 2.80. The van der Waals surface area contributed by atoms with Gasteiger partial charge >= 0.3 is 0 Å². The van der Waals surface area contributed by atoms with Crippen molar-refractivity contribution in [3.63, 3.8) is 0 Å². The lowest BCUT2D eigenvalue weighted by Crippen LogP contribution is -2.31. The highest BCUT2D eigenvalue weighted by Crippen LogP contribution is 2.24. The van der Waals surface area contributed by atoms with E-state index < -0.39 is 0 Å². The molecule has 2 N–H and O–H groups in total. The Morgan fingerprint density at radius 3 is 2.11 bits per heavy atom. The van der Waals surface area contributed by atoms with Crippen molar-refractivity contribution < 1.29 is 0 Å². The Hall–Kier alpha value is -0.860. The Bertz CT molecular complexity index is 343. The Morgan fingerprint density at radius 2 is 1.68 bits per heavy atom. The van der Waals surface area contributed by atoms with Gasteiger partial charge in [0.1, 0.15) is 0 Å². The summed E-state index contributed by atoms with van der Waals surface area (Å²) in [5.41, 5.74) is 2.84. The van der Waals surface area contributed by atoms with Gasteiger partial charge in [0.2, 0.25) is 0 Å². The van der Waals surface area contributed by atoms with Crippen LogP contribution in [0.15, 0.2) is 24.3 Å². The first-order valence-electron chi connectivity index (χ1n) is 7.53. The van der Waals surface area contributed by atoms with E-state index in [4.69, 9.17) is 0 Å². The molecule has 2 heteroatoms. The molecule has 0 heterocycles. The van der Waals surface area contributed by atoms with Crippen LogP contribution in [0.4, 0.5) is 0 Å². The highest BCUT2D eigenvalue weighted by atomic mass is 14.9. The van der Waals surface area contributed by atoms with E-state index in [-0.39, 0.29) is 0 Å². The zero-order chi connectivity index (χ0) is 14.3. The normalized spacial score (nSPS) is 14.6. The standard InChI is InChI=1S/C17H30N2/c1-6-15(12-18-4)17(19-5)16-9-7-14(8-10-16)11-13(2)3/h7-10,13,15,17-19H,6,11-12H2,1-5H3. The van der Waals surface area contributed by atoms with E-state index >= 15 is 0 Å². The molecule has 0 amide bonds. The quantitative estimate of drug-likeness (QED) is 0.750. The smallest absolute Gasteiger partial charge is 0.0358 e. The SMILES string of the molecule is CCC(CNC)C(NC)c1ccc(CC(C)C)cc1. The second kappa shape index (κ2) is 8.34. The lowest BCUT2D eigenvalue weighted by molar-refractivity contribution is 0.359. The maximum atomic E-state index is 3.47. The minimum atomic E-state index is 0.436. The molecule has 1 aromatic rings. The Labute approximate surface area is 119 Å². The van der Waals surface area contributed by atoms with Crippen LogP contribution in [0.3, 0.4) is 0 Å². The van der Waals surface area contributed by atoms with Gasteiger partial charge in [-0.3, -0.25) is 0 Å². The largest absolute Gasteiger partial charge is 0.319 e. The van der Waals surface area contributed by atoms with Crippen molar-refractivity contribution in [2.45, 2.75) is 39.7 Å². The van der Waals surface area contributed by atoms with Gasteiger partial charge in [0.15, 0.2) is 0 Å². The minimum absolute atomic E-state index is 0.436. The topological polar surface area (TPSA) is 24.1 Å². The second-order valence-corrected chi connectivity index (χ2v) is 5.83. The fourth-order valence-corrected chi connectivity index (χ4v) is 2.77. The summed E-state index contributed by atoms with van der Waals surface area (Å²) in [6, 6.07) is 9.58. The molecule has 0 fully saturated rings. The van der Waals surface area contributed by atoms with E-state index in [2.05, 4.69) is 62.7 Å². The molecule has 0 aliphatic heterocycles. The molecule has 0 saturated heterocycles. The number of nitrogens with one attached hydrogen (secondary N) is 2. The predicted molar refractivity (Wildman–Crippen MR) is 84.5 cm³/mol. The minimum Gasteiger partial charge on any atom is -0.319 e. The fraction of sp³-hybridized carbons (Fsp3) is 0.647. The second-order valence-electron chi connectivity index (χ2n) is 5.83. The molecular weight excluding hydrogens is 232 g/mol. The first kappa shape index (κ1) is 16.2. The predicted octanol–water partition coefficient (Wildman–Crippen LogP) is 3.39. The molecule has 0 saturated carbocycles. The first-order chi connectivity index (χ1) is 9.12. The molecule has 0 aliphatic carbocycles. The van der Waals surface area contributed by atoms with Crippen LogP contribution in [0.25, 0.3) is 0 Å². The lowest BCUT2D eigenvalue weighted by atomic mass is 9.90. The third-order valence-electron chi connectivity index (χ3n) is 3.76. The zero-order valence-corrected chi connectivity index (χ0v) is 13.2. The molecule has 19 heavy (non-hydrogen) atoms. The maximum Gasteiger partial charge on any atom is 0.0358 e. The van der Waals surface area contributed by atoms with Crippen molar-refractivity contribution in [2.75, 3.05) is 20.6 Å². The summed E-state index contributed by atoms with van der Waals surface area (Å²) in [5, 5.41) is 6.78. The van der Waals surface area contributed by atoms with E-state index in [0.29, 0.717) is 12.0 Å². The summed E-state index contributed by atoms with van der Waals surface area (Å²) >= 11 is 0. The van der Waals surface area contributed by atoms with E-state index in [9.17, 15) is 0 Å². The van der Waals surface area contributed by atoms with Crippen molar-refractivity contribution in [2.24, 2.45) is 11.8 Å². The average molecular weight is 262 g/mol. The van der Waals surface area contributed by atoms with Gasteiger partial charge in [0.25, 0.3) is 0 Å². The van der Waals surface area contributed by atoms with E-state index in [1.165, 1.54) is 17.5 Å². The molecular formula is C17H30N2. The molecule has 2 unspecified atom stereocenters. The summed E-state index contributed by atoms with van der Waals surface area (Å²) in [4.78, 5) is 0. The van der Waals surface area contributed by atoms with Crippen LogP contribution in [-0.4, -0.2) is 20.6 Å². The molecule has 108 valence electrons. The van der Waals surface area contributed by atoms with Gasteiger partial charge in [-0.25, -0.2) is 0 Å². The summed E-state index contributed by atoms with van der Waals surface area (Å²) in [6.07, 6.45) is 2.35. The molecule has 1 rings (SSSR count). The maximum absolute atomic E-state index is 3.47. The van der Waals surface area contributed by atoms with Crippen LogP contribution < -0.4 is 10.6 Å². The Morgan fingerprint density at radius 1 is 1.05 bits per heavy atom. The van der Waals surface area contributed by atoms with E-state index in [0.717, 1.165) is 18.9 Å². The molecule has 0 bridgehead atoms. The van der Waals surface area contributed by atoms with Crippen molar-refractivity contribution >= 4 is 0 Å². The zero-order valence-electron chi connectivity index (χ0n) is 13.2. The molecule has 0 aromatic heterocycles. The van der Waals surface area contributed by atoms with E-state index in [1.54, 1.807) is 0 Å². The van der Waals surface area contributed by atoms with Crippen LogP contribution in [0, 0.1) is 11.8 Å². The Kier molecular flexibility index (Phi) is 7.11. The van der Waals surface area contributed by atoms with Gasteiger partial charge in [-0.15, -0.1) is 0 Å². The van der Waals surface area contributed by atoms with Crippen LogP contribution in [0.5, 0.6) is 0 Å². The molecule has 1 aromatic carbocycles. The molecule has 0 spiro atoms. The first-order valence-corrected chi connectivity index (χ1v) is 7.53. The lowest BCUT2D eigenvalue weighted by Gasteiger charge is -2.26. The average Bonchev–Trinajstić information content (AvgIpc) is 2.39. The van der Waals surface area contributed by atoms with Crippen LogP contribution >= 0.6 is 0 Å². The van der Waals surface area contributed by atoms with Gasteiger partial charge in [0, 0.05) is 6.04 Å². The fourth-order valence-electron chi connectivity index (χ4n) is 2.77. The van der Waals surface area contributed by atoms with Gasteiger partial charge < -0.3 is 10.6 Å². The van der Waals surface area contributed by atoms with Crippen molar-refractivity contribution in [3.05, 3.63) is 35.4 Å². The summed E-state index contributed by atoms with van der Waals surface area (Å²) in [5.74, 6) is 1.35. The third-order valence-corrected chi connectivity index (χ3v) is 3.76. The van der Waals surface area contributed by atoms with Crippen molar-refractivity contribution in [1.29, 1.82) is 0 Å². The van der Waals surface area contributed by atoms with Crippen LogP contribution in [0.2, 0.25) is 0 Å². The van der Waals surface area contributed by atoms with Gasteiger partial charge in [0.05, 0.1) is 0 Å². The van der Waals surface area contributed by atoms with Crippen LogP contribution in [-0.2, 0) is 6.42 Å². The molecule has 0 radical (unpaired) electrons. The van der Waals surface area contributed by atoms with Gasteiger partial charge in [-0.05, 0) is 50.0 Å². The highest BCUT2D eigenvalue weighted by molar-refractivity contribution is 5.26. The summed E-state index contributed by atoms with van der Waals surface area (Å²) in [6.45, 7) is 7.85. The number of benzene rings is 1. The van der Waals surface area contributed by atoms with Crippen LogP contribution in [0.1, 0.15) is 44.4 Å². The number of rotatable bonds is 8. The van der Waals surface area contributed by atoms with Gasteiger partial charge in [-0.1, -0.05) is 51.5 Å². The monoisotopic (exact) mass is 262 g/mol. The molecule has 2 nitrogen and oxygen atoms in total. The number of hydrogen-bond acceptors (Lipinski definition) is 2. The van der Waals surface area contributed by atoms with E-state index in [1.807, 2.05) is 7.05 Å². The van der Waals surface area contributed by atoms with Gasteiger partial charge in [-0.2, -0.15) is 0 Å². The van der Waals surface area contributed by atoms with Crippen molar-refractivity contribution in [1.82, 2.24) is 10.6 Å². The molecule has 0 aliphatic rings. The summed E-state index contributed by atoms with van der Waals surface area (Å²) in [7, 11) is 4.09. The summed E-state index contributed by atoms with van der Waals surface area (Å²) < 4.78 is 0. The van der Waals surface area contributed by atoms with Crippen molar-refractivity contribution in [3.8, 4) is 0 Å². The number of hydrogen-bond donors (Lipinski definition) is 2. The molecule has 2 atom stereocenters.